The maximum atomic E-state index is 13.0. The van der Waals surface area contributed by atoms with Gasteiger partial charge in [0.25, 0.3) is 0 Å². The van der Waals surface area contributed by atoms with E-state index in [4.69, 9.17) is 0 Å². The van der Waals surface area contributed by atoms with Gasteiger partial charge in [-0.1, -0.05) is 61.0 Å². The standard InChI is InChI=1S/C24H32N2O2S/c1-5-14-25-24(28)20(4)26(15-22-9-7-6-8-19(22)3)23(27)17-29-16-21-12-10-18(2)11-13-21/h6-13,20H,5,14-17H2,1-4H3,(H,25,28)/t20-/m1/s1. The molecule has 0 saturated heterocycles. The summed E-state index contributed by atoms with van der Waals surface area (Å²) in [5.41, 5.74) is 4.62. The van der Waals surface area contributed by atoms with Crippen LogP contribution in [0.1, 0.15) is 42.5 Å². The van der Waals surface area contributed by atoms with Crippen LogP contribution in [-0.2, 0) is 21.9 Å². The molecular formula is C24H32N2O2S. The number of hydrogen-bond acceptors (Lipinski definition) is 3. The lowest BCUT2D eigenvalue weighted by atomic mass is 10.1. The summed E-state index contributed by atoms with van der Waals surface area (Å²) >= 11 is 1.59. The van der Waals surface area contributed by atoms with Gasteiger partial charge in [-0.05, 0) is 43.9 Å². The van der Waals surface area contributed by atoms with Crippen LogP contribution in [0.3, 0.4) is 0 Å². The van der Waals surface area contributed by atoms with E-state index < -0.39 is 6.04 Å². The van der Waals surface area contributed by atoms with Gasteiger partial charge in [-0.3, -0.25) is 9.59 Å². The highest BCUT2D eigenvalue weighted by molar-refractivity contribution is 7.99. The van der Waals surface area contributed by atoms with E-state index in [1.165, 1.54) is 11.1 Å². The highest BCUT2D eigenvalue weighted by Gasteiger charge is 2.26. The number of nitrogens with one attached hydrogen (secondary N) is 1. The summed E-state index contributed by atoms with van der Waals surface area (Å²) in [6, 6.07) is 15.9. The van der Waals surface area contributed by atoms with Crippen LogP contribution < -0.4 is 5.32 Å². The lowest BCUT2D eigenvalue weighted by Crippen LogP contribution is -2.48. The molecule has 0 aliphatic rings. The Bertz CT molecular complexity index is 805. The highest BCUT2D eigenvalue weighted by atomic mass is 32.2. The largest absolute Gasteiger partial charge is 0.354 e. The number of amides is 2. The molecule has 0 aliphatic heterocycles. The number of nitrogens with zero attached hydrogens (tertiary/aromatic N) is 1. The molecule has 1 atom stereocenters. The molecule has 2 aromatic rings. The minimum atomic E-state index is -0.506. The fourth-order valence-corrected chi connectivity index (χ4v) is 3.84. The molecular weight excluding hydrogens is 380 g/mol. The van der Waals surface area contributed by atoms with Crippen LogP contribution >= 0.6 is 11.8 Å². The van der Waals surface area contributed by atoms with E-state index in [0.717, 1.165) is 23.3 Å². The zero-order valence-electron chi connectivity index (χ0n) is 17.9. The molecule has 0 spiro atoms. The molecule has 0 aliphatic carbocycles. The van der Waals surface area contributed by atoms with Crippen molar-refractivity contribution in [3.8, 4) is 0 Å². The Labute approximate surface area is 179 Å². The molecule has 5 heteroatoms. The van der Waals surface area contributed by atoms with Crippen LogP contribution in [0.25, 0.3) is 0 Å². The molecule has 0 unspecified atom stereocenters. The average molecular weight is 413 g/mol. The van der Waals surface area contributed by atoms with Crippen LogP contribution in [0.5, 0.6) is 0 Å². The maximum absolute atomic E-state index is 13.0. The molecule has 4 nitrogen and oxygen atoms in total. The van der Waals surface area contributed by atoms with Gasteiger partial charge in [0.05, 0.1) is 5.75 Å². The lowest BCUT2D eigenvalue weighted by Gasteiger charge is -2.29. The molecule has 2 aromatic carbocycles. The minimum absolute atomic E-state index is 0.00971. The molecule has 0 radical (unpaired) electrons. The first-order valence-corrected chi connectivity index (χ1v) is 11.3. The fourth-order valence-electron chi connectivity index (χ4n) is 2.97. The third-order valence-electron chi connectivity index (χ3n) is 4.93. The van der Waals surface area contributed by atoms with Gasteiger partial charge in [0, 0.05) is 18.8 Å². The van der Waals surface area contributed by atoms with E-state index in [1.807, 2.05) is 45.0 Å². The van der Waals surface area contributed by atoms with E-state index in [0.29, 0.717) is 18.8 Å². The van der Waals surface area contributed by atoms with Crippen molar-refractivity contribution in [1.29, 1.82) is 0 Å². The quantitative estimate of drug-likeness (QED) is 0.626. The zero-order valence-corrected chi connectivity index (χ0v) is 18.7. The molecule has 0 saturated carbocycles. The average Bonchev–Trinajstić information content (AvgIpc) is 2.72. The summed E-state index contributed by atoms with van der Waals surface area (Å²) in [6.07, 6.45) is 0.872. The topological polar surface area (TPSA) is 49.4 Å². The summed E-state index contributed by atoms with van der Waals surface area (Å²) in [7, 11) is 0. The van der Waals surface area contributed by atoms with Gasteiger partial charge in [0.1, 0.15) is 6.04 Å². The van der Waals surface area contributed by atoms with Crippen molar-refractivity contribution in [2.24, 2.45) is 0 Å². The van der Waals surface area contributed by atoms with Crippen LogP contribution in [0.4, 0.5) is 0 Å². The van der Waals surface area contributed by atoms with Crippen LogP contribution in [-0.4, -0.2) is 35.1 Å². The second-order valence-corrected chi connectivity index (χ2v) is 8.38. The first-order chi connectivity index (χ1) is 13.9. The molecule has 1 N–H and O–H groups in total. The smallest absolute Gasteiger partial charge is 0.242 e. The number of aryl methyl sites for hydroxylation is 2. The summed E-state index contributed by atoms with van der Waals surface area (Å²) in [6.45, 7) is 8.99. The molecule has 29 heavy (non-hydrogen) atoms. The number of carbonyl (C=O) groups is 2. The van der Waals surface area contributed by atoms with Gasteiger partial charge in [0.15, 0.2) is 0 Å². The summed E-state index contributed by atoms with van der Waals surface area (Å²) in [5, 5.41) is 2.92. The third-order valence-corrected chi connectivity index (χ3v) is 5.92. The van der Waals surface area contributed by atoms with Gasteiger partial charge in [-0.2, -0.15) is 0 Å². The molecule has 156 valence electrons. The number of benzene rings is 2. The van der Waals surface area contributed by atoms with Crippen LogP contribution in [0.15, 0.2) is 48.5 Å². The molecule has 2 amide bonds. The second-order valence-electron chi connectivity index (χ2n) is 7.39. The summed E-state index contributed by atoms with van der Waals surface area (Å²) < 4.78 is 0. The van der Waals surface area contributed by atoms with Gasteiger partial charge < -0.3 is 10.2 Å². The monoisotopic (exact) mass is 412 g/mol. The van der Waals surface area contributed by atoms with Gasteiger partial charge in [0.2, 0.25) is 11.8 Å². The predicted octanol–water partition coefficient (Wildman–Crippen LogP) is 4.48. The first-order valence-electron chi connectivity index (χ1n) is 10.2. The molecule has 2 rings (SSSR count). The van der Waals surface area contributed by atoms with Crippen molar-refractivity contribution >= 4 is 23.6 Å². The second kappa shape index (κ2) is 11.7. The van der Waals surface area contributed by atoms with Crippen molar-refractivity contribution in [1.82, 2.24) is 10.2 Å². The van der Waals surface area contributed by atoms with Gasteiger partial charge in [-0.25, -0.2) is 0 Å². The Morgan fingerprint density at radius 3 is 2.41 bits per heavy atom. The number of carbonyl (C=O) groups excluding carboxylic acids is 2. The SMILES string of the molecule is CCCNC(=O)[C@@H](C)N(Cc1ccccc1C)C(=O)CSCc1ccc(C)cc1. The third kappa shape index (κ3) is 7.24. The zero-order chi connectivity index (χ0) is 21.2. The van der Waals surface area contributed by atoms with E-state index in [1.54, 1.807) is 16.7 Å². The van der Waals surface area contributed by atoms with E-state index in [2.05, 4.69) is 36.5 Å². The van der Waals surface area contributed by atoms with E-state index in [9.17, 15) is 9.59 Å². The van der Waals surface area contributed by atoms with Crippen molar-refractivity contribution < 1.29 is 9.59 Å². The van der Waals surface area contributed by atoms with E-state index in [-0.39, 0.29) is 11.8 Å². The number of hydrogen-bond donors (Lipinski definition) is 1. The highest BCUT2D eigenvalue weighted by Crippen LogP contribution is 2.17. The summed E-state index contributed by atoms with van der Waals surface area (Å²) in [4.78, 5) is 27.3. The molecule has 0 bridgehead atoms. The van der Waals surface area contributed by atoms with Gasteiger partial charge in [-0.15, -0.1) is 11.8 Å². The number of rotatable bonds is 10. The Morgan fingerprint density at radius 1 is 1.07 bits per heavy atom. The molecule has 0 heterocycles. The fraction of sp³-hybridized carbons (Fsp3) is 0.417. The van der Waals surface area contributed by atoms with Crippen LogP contribution in [0, 0.1) is 13.8 Å². The molecule has 0 fully saturated rings. The maximum Gasteiger partial charge on any atom is 0.242 e. The lowest BCUT2D eigenvalue weighted by molar-refractivity contribution is -0.138. The van der Waals surface area contributed by atoms with E-state index >= 15 is 0 Å². The van der Waals surface area contributed by atoms with Crippen LogP contribution in [0.2, 0.25) is 0 Å². The molecule has 0 aromatic heterocycles. The predicted molar refractivity (Wildman–Crippen MR) is 122 cm³/mol. The summed E-state index contributed by atoms with van der Waals surface area (Å²) in [5.74, 6) is 1.02. The van der Waals surface area contributed by atoms with Crippen molar-refractivity contribution in [2.45, 2.75) is 52.5 Å². The Kier molecular flexibility index (Phi) is 9.26. The van der Waals surface area contributed by atoms with Crippen molar-refractivity contribution in [2.75, 3.05) is 12.3 Å². The Hall–Kier alpha value is -2.27. The first kappa shape index (κ1) is 23.0. The normalized spacial score (nSPS) is 11.7. The van der Waals surface area contributed by atoms with Crippen molar-refractivity contribution in [3.05, 3.63) is 70.8 Å². The number of thioether (sulfide) groups is 1. The van der Waals surface area contributed by atoms with Gasteiger partial charge >= 0.3 is 0 Å². The Morgan fingerprint density at radius 2 is 1.76 bits per heavy atom. The van der Waals surface area contributed by atoms with Crippen molar-refractivity contribution in [3.63, 3.8) is 0 Å². The minimum Gasteiger partial charge on any atom is -0.354 e. The Balaban J connectivity index is 2.05.